The lowest BCUT2D eigenvalue weighted by atomic mass is 10.1. The Morgan fingerprint density at radius 3 is 2.77 bits per heavy atom. The summed E-state index contributed by atoms with van der Waals surface area (Å²) in [5.74, 6) is 1.15. The SMILES string of the molecule is COC1CCN([C@@H](C)c2nnc(-c3cccc(Cl)c3)o2)CC1. The molecule has 1 aromatic carbocycles. The number of rotatable bonds is 4. The topological polar surface area (TPSA) is 51.4 Å². The Morgan fingerprint density at radius 1 is 1.32 bits per heavy atom. The number of likely N-dealkylation sites (tertiary alicyclic amines) is 1. The van der Waals surface area contributed by atoms with Gasteiger partial charge in [-0.15, -0.1) is 10.2 Å². The fourth-order valence-corrected chi connectivity index (χ4v) is 2.99. The molecule has 0 radical (unpaired) electrons. The minimum absolute atomic E-state index is 0.109. The molecule has 3 rings (SSSR count). The van der Waals surface area contributed by atoms with E-state index in [1.807, 2.05) is 24.3 Å². The summed E-state index contributed by atoms with van der Waals surface area (Å²) in [6.45, 7) is 4.06. The second kappa shape index (κ2) is 6.77. The summed E-state index contributed by atoms with van der Waals surface area (Å²) in [5, 5.41) is 9.01. The van der Waals surface area contributed by atoms with Crippen LogP contribution in [0, 0.1) is 0 Å². The third kappa shape index (κ3) is 3.32. The molecule has 6 heteroatoms. The van der Waals surface area contributed by atoms with E-state index in [9.17, 15) is 0 Å². The van der Waals surface area contributed by atoms with Gasteiger partial charge < -0.3 is 9.15 Å². The number of hydrogen-bond donors (Lipinski definition) is 0. The molecule has 1 saturated heterocycles. The molecule has 2 heterocycles. The number of halogens is 1. The number of benzene rings is 1. The monoisotopic (exact) mass is 321 g/mol. The molecule has 1 aliphatic heterocycles. The van der Waals surface area contributed by atoms with Crippen molar-refractivity contribution in [3.8, 4) is 11.5 Å². The molecule has 1 aliphatic rings. The van der Waals surface area contributed by atoms with E-state index in [-0.39, 0.29) is 6.04 Å². The van der Waals surface area contributed by atoms with Crippen molar-refractivity contribution in [3.63, 3.8) is 0 Å². The van der Waals surface area contributed by atoms with Crippen LogP contribution >= 0.6 is 11.6 Å². The van der Waals surface area contributed by atoms with Crippen molar-refractivity contribution in [2.45, 2.75) is 31.9 Å². The van der Waals surface area contributed by atoms with E-state index in [1.54, 1.807) is 7.11 Å². The summed E-state index contributed by atoms with van der Waals surface area (Å²) in [6, 6.07) is 7.55. The molecular weight excluding hydrogens is 302 g/mol. The number of aromatic nitrogens is 2. The average molecular weight is 322 g/mol. The Labute approximate surface area is 135 Å². The van der Waals surface area contributed by atoms with Crippen LogP contribution in [0.5, 0.6) is 0 Å². The molecule has 2 aromatic rings. The molecule has 1 atom stereocenters. The van der Waals surface area contributed by atoms with E-state index >= 15 is 0 Å². The van der Waals surface area contributed by atoms with Gasteiger partial charge >= 0.3 is 0 Å². The van der Waals surface area contributed by atoms with Crippen molar-refractivity contribution in [1.29, 1.82) is 0 Å². The predicted molar refractivity (Wildman–Crippen MR) is 84.8 cm³/mol. The lowest BCUT2D eigenvalue weighted by molar-refractivity contribution is 0.0256. The van der Waals surface area contributed by atoms with Crippen molar-refractivity contribution >= 4 is 11.6 Å². The van der Waals surface area contributed by atoms with Gasteiger partial charge in [-0.2, -0.15) is 0 Å². The second-order valence-electron chi connectivity index (χ2n) is 5.60. The highest BCUT2D eigenvalue weighted by atomic mass is 35.5. The minimum Gasteiger partial charge on any atom is -0.419 e. The van der Waals surface area contributed by atoms with Crippen molar-refractivity contribution in [2.24, 2.45) is 0 Å². The Hall–Kier alpha value is -1.43. The zero-order valence-corrected chi connectivity index (χ0v) is 13.6. The van der Waals surface area contributed by atoms with Crippen LogP contribution in [-0.4, -0.2) is 41.4 Å². The Morgan fingerprint density at radius 2 is 2.09 bits per heavy atom. The smallest absolute Gasteiger partial charge is 0.247 e. The third-order valence-corrected chi connectivity index (χ3v) is 4.46. The molecule has 0 saturated carbocycles. The first-order valence-corrected chi connectivity index (χ1v) is 7.91. The van der Waals surface area contributed by atoms with Crippen molar-refractivity contribution in [1.82, 2.24) is 15.1 Å². The highest BCUT2D eigenvalue weighted by Gasteiger charge is 2.26. The predicted octanol–water partition coefficient (Wildman–Crippen LogP) is 3.56. The van der Waals surface area contributed by atoms with E-state index in [2.05, 4.69) is 22.0 Å². The molecule has 1 aromatic heterocycles. The second-order valence-corrected chi connectivity index (χ2v) is 6.04. The van der Waals surface area contributed by atoms with Crippen LogP contribution in [-0.2, 0) is 4.74 Å². The van der Waals surface area contributed by atoms with Crippen LogP contribution in [0.3, 0.4) is 0 Å². The highest BCUT2D eigenvalue weighted by Crippen LogP contribution is 2.27. The number of hydrogen-bond acceptors (Lipinski definition) is 5. The fraction of sp³-hybridized carbons (Fsp3) is 0.500. The van der Waals surface area contributed by atoms with E-state index in [0.29, 0.717) is 22.9 Å². The molecule has 0 spiro atoms. The zero-order chi connectivity index (χ0) is 15.5. The molecule has 0 unspecified atom stereocenters. The molecule has 0 aliphatic carbocycles. The average Bonchev–Trinajstić information content (AvgIpc) is 3.04. The Kier molecular flexibility index (Phi) is 4.76. The molecule has 118 valence electrons. The van der Waals surface area contributed by atoms with E-state index < -0.39 is 0 Å². The first-order valence-electron chi connectivity index (χ1n) is 7.53. The quantitative estimate of drug-likeness (QED) is 0.861. The van der Waals surface area contributed by atoms with Crippen LogP contribution in [0.4, 0.5) is 0 Å². The van der Waals surface area contributed by atoms with Crippen molar-refractivity contribution in [3.05, 3.63) is 35.2 Å². The van der Waals surface area contributed by atoms with Gasteiger partial charge in [0.2, 0.25) is 11.8 Å². The molecular formula is C16H20ClN3O2. The summed E-state index contributed by atoms with van der Waals surface area (Å²) in [7, 11) is 1.78. The van der Waals surface area contributed by atoms with Crippen LogP contribution < -0.4 is 0 Å². The van der Waals surface area contributed by atoms with Gasteiger partial charge in [0, 0.05) is 30.8 Å². The van der Waals surface area contributed by atoms with E-state index in [4.69, 9.17) is 20.8 Å². The maximum absolute atomic E-state index is 6.00. The normalized spacial score (nSPS) is 18.5. The van der Waals surface area contributed by atoms with Crippen LogP contribution in [0.2, 0.25) is 5.02 Å². The van der Waals surface area contributed by atoms with Gasteiger partial charge in [-0.1, -0.05) is 17.7 Å². The summed E-state index contributed by atoms with van der Waals surface area (Å²) >= 11 is 6.00. The van der Waals surface area contributed by atoms with Crippen LogP contribution in [0.1, 0.15) is 31.7 Å². The lowest BCUT2D eigenvalue weighted by Crippen LogP contribution is -2.38. The van der Waals surface area contributed by atoms with Gasteiger partial charge in [-0.25, -0.2) is 0 Å². The minimum atomic E-state index is 0.109. The molecule has 0 N–H and O–H groups in total. The molecule has 0 amide bonds. The first-order chi connectivity index (χ1) is 10.7. The number of nitrogens with zero attached hydrogens (tertiary/aromatic N) is 3. The zero-order valence-electron chi connectivity index (χ0n) is 12.8. The maximum atomic E-state index is 6.00. The Balaban J connectivity index is 1.71. The summed E-state index contributed by atoms with van der Waals surface area (Å²) in [6.07, 6.45) is 2.44. The van der Waals surface area contributed by atoms with Gasteiger partial charge in [-0.3, -0.25) is 4.90 Å². The van der Waals surface area contributed by atoms with E-state index in [1.165, 1.54) is 0 Å². The van der Waals surface area contributed by atoms with Crippen LogP contribution in [0.25, 0.3) is 11.5 Å². The standard InChI is InChI=1S/C16H20ClN3O2/c1-11(20-8-6-14(21-2)7-9-20)15-18-19-16(22-15)12-4-3-5-13(17)10-12/h3-5,10-11,14H,6-9H2,1-2H3/t11-/m0/s1. The molecule has 22 heavy (non-hydrogen) atoms. The summed E-state index contributed by atoms with van der Waals surface area (Å²) in [4.78, 5) is 2.35. The molecule has 1 fully saturated rings. The lowest BCUT2D eigenvalue weighted by Gasteiger charge is -2.33. The van der Waals surface area contributed by atoms with Crippen LogP contribution in [0.15, 0.2) is 28.7 Å². The summed E-state index contributed by atoms with van der Waals surface area (Å²) in [5.41, 5.74) is 0.844. The van der Waals surface area contributed by atoms with Gasteiger partial charge in [0.05, 0.1) is 12.1 Å². The van der Waals surface area contributed by atoms with Crippen molar-refractivity contribution < 1.29 is 9.15 Å². The number of methoxy groups -OCH3 is 1. The number of piperidine rings is 1. The third-order valence-electron chi connectivity index (χ3n) is 4.23. The summed E-state index contributed by atoms with van der Waals surface area (Å²) < 4.78 is 11.2. The number of ether oxygens (including phenoxy) is 1. The molecule has 5 nitrogen and oxygen atoms in total. The first kappa shape index (κ1) is 15.5. The Bertz CT molecular complexity index is 623. The fourth-order valence-electron chi connectivity index (χ4n) is 2.80. The highest BCUT2D eigenvalue weighted by molar-refractivity contribution is 6.30. The van der Waals surface area contributed by atoms with Gasteiger partial charge in [0.15, 0.2) is 0 Å². The van der Waals surface area contributed by atoms with Crippen molar-refractivity contribution in [2.75, 3.05) is 20.2 Å². The van der Waals surface area contributed by atoms with Gasteiger partial charge in [0.1, 0.15) is 0 Å². The van der Waals surface area contributed by atoms with Gasteiger partial charge in [-0.05, 0) is 38.0 Å². The largest absolute Gasteiger partial charge is 0.419 e. The van der Waals surface area contributed by atoms with E-state index in [0.717, 1.165) is 31.5 Å². The molecule has 0 bridgehead atoms. The van der Waals surface area contributed by atoms with Gasteiger partial charge in [0.25, 0.3) is 0 Å². The maximum Gasteiger partial charge on any atom is 0.247 e.